The highest BCUT2D eigenvalue weighted by molar-refractivity contribution is 5.84. The minimum atomic E-state index is -4.47. The number of aromatic nitrogens is 1. The molecule has 0 saturated heterocycles. The topological polar surface area (TPSA) is 42.0 Å². The molecule has 0 saturated carbocycles. The van der Waals surface area contributed by atoms with Gasteiger partial charge in [-0.1, -0.05) is 12.1 Å². The Labute approximate surface area is 107 Å². The van der Waals surface area contributed by atoms with E-state index in [0.717, 1.165) is 6.07 Å². The molecule has 2 aromatic rings. The van der Waals surface area contributed by atoms with Gasteiger partial charge in [0.2, 0.25) is 0 Å². The molecule has 3 nitrogen and oxygen atoms in total. The lowest BCUT2D eigenvalue weighted by Gasteiger charge is -2.14. The van der Waals surface area contributed by atoms with Crippen LogP contribution in [0.25, 0.3) is 0 Å². The molecule has 0 atom stereocenters. The summed E-state index contributed by atoms with van der Waals surface area (Å²) in [5.74, 6) is 0.0919. The highest BCUT2D eigenvalue weighted by Gasteiger charge is 2.33. The highest BCUT2D eigenvalue weighted by atomic mass is 19.4. The number of halogens is 3. The number of hydrogen-bond acceptors (Lipinski definition) is 3. The Balaban J connectivity index is 2.42. The van der Waals surface area contributed by atoms with E-state index in [1.165, 1.54) is 36.5 Å². The number of aldehydes is 1. The van der Waals surface area contributed by atoms with Crippen LogP contribution in [-0.4, -0.2) is 11.3 Å². The van der Waals surface area contributed by atoms with Gasteiger partial charge < -0.3 is 5.32 Å². The Morgan fingerprint density at radius 2 is 1.84 bits per heavy atom. The first kappa shape index (κ1) is 13.1. The second-order valence-corrected chi connectivity index (χ2v) is 3.73. The Bertz CT molecular complexity index is 596. The number of pyridine rings is 1. The monoisotopic (exact) mass is 266 g/mol. The minimum absolute atomic E-state index is 0.0919. The van der Waals surface area contributed by atoms with Crippen molar-refractivity contribution < 1.29 is 18.0 Å². The molecule has 0 amide bonds. The van der Waals surface area contributed by atoms with Crippen molar-refractivity contribution in [1.82, 2.24) is 4.98 Å². The SMILES string of the molecule is O=Cc1cccnc1Nc1ccccc1C(F)(F)F. The van der Waals surface area contributed by atoms with Crippen LogP contribution in [0.3, 0.4) is 0 Å². The smallest absolute Gasteiger partial charge is 0.339 e. The number of anilines is 2. The second-order valence-electron chi connectivity index (χ2n) is 3.73. The molecule has 0 bridgehead atoms. The number of benzene rings is 1. The lowest BCUT2D eigenvalue weighted by atomic mass is 10.1. The number of nitrogens with one attached hydrogen (secondary N) is 1. The second kappa shape index (κ2) is 5.09. The van der Waals surface area contributed by atoms with Crippen molar-refractivity contribution >= 4 is 17.8 Å². The van der Waals surface area contributed by atoms with Crippen LogP contribution in [0.2, 0.25) is 0 Å². The summed E-state index contributed by atoms with van der Waals surface area (Å²) in [5.41, 5.74) is -0.756. The molecule has 1 aromatic carbocycles. The molecule has 0 fully saturated rings. The Morgan fingerprint density at radius 1 is 1.11 bits per heavy atom. The fraction of sp³-hybridized carbons (Fsp3) is 0.0769. The standard InChI is InChI=1S/C13H9F3N2O/c14-13(15,16)10-5-1-2-6-11(10)18-12-9(8-19)4-3-7-17-12/h1-8H,(H,17,18). The third kappa shape index (κ3) is 2.90. The number of carbonyl (C=O) groups excluding carboxylic acids is 1. The fourth-order valence-corrected chi connectivity index (χ4v) is 1.58. The van der Waals surface area contributed by atoms with E-state index in [1.807, 2.05) is 0 Å². The first-order chi connectivity index (χ1) is 9.02. The Morgan fingerprint density at radius 3 is 2.53 bits per heavy atom. The summed E-state index contributed by atoms with van der Waals surface area (Å²) in [6, 6.07) is 8.02. The average molecular weight is 266 g/mol. The van der Waals surface area contributed by atoms with Crippen molar-refractivity contribution in [2.24, 2.45) is 0 Å². The van der Waals surface area contributed by atoms with E-state index in [9.17, 15) is 18.0 Å². The molecule has 98 valence electrons. The van der Waals surface area contributed by atoms with Gasteiger partial charge in [-0.2, -0.15) is 13.2 Å². The number of carbonyl (C=O) groups is 1. The van der Waals surface area contributed by atoms with Crippen LogP contribution in [0.1, 0.15) is 15.9 Å². The first-order valence-electron chi connectivity index (χ1n) is 5.36. The van der Waals surface area contributed by atoms with E-state index in [4.69, 9.17) is 0 Å². The lowest BCUT2D eigenvalue weighted by molar-refractivity contribution is -0.136. The van der Waals surface area contributed by atoms with Crippen molar-refractivity contribution in [2.75, 3.05) is 5.32 Å². The molecular weight excluding hydrogens is 257 g/mol. The summed E-state index contributed by atoms with van der Waals surface area (Å²) in [7, 11) is 0. The fourth-order valence-electron chi connectivity index (χ4n) is 1.58. The highest BCUT2D eigenvalue weighted by Crippen LogP contribution is 2.35. The summed E-state index contributed by atoms with van der Waals surface area (Å²) < 4.78 is 38.4. The quantitative estimate of drug-likeness (QED) is 0.862. The van der Waals surface area contributed by atoms with E-state index >= 15 is 0 Å². The third-order valence-electron chi connectivity index (χ3n) is 2.45. The molecule has 1 aromatic heterocycles. The van der Waals surface area contributed by atoms with Gasteiger partial charge in [-0.3, -0.25) is 4.79 Å². The Hall–Kier alpha value is -2.37. The molecule has 19 heavy (non-hydrogen) atoms. The molecule has 1 N–H and O–H groups in total. The van der Waals surface area contributed by atoms with Gasteiger partial charge in [0.15, 0.2) is 6.29 Å². The minimum Gasteiger partial charge on any atom is -0.339 e. The van der Waals surface area contributed by atoms with Crippen molar-refractivity contribution in [3.8, 4) is 0 Å². The normalized spacial score (nSPS) is 11.1. The van der Waals surface area contributed by atoms with Crippen LogP contribution in [0, 0.1) is 0 Å². The lowest BCUT2D eigenvalue weighted by Crippen LogP contribution is -2.09. The van der Waals surface area contributed by atoms with Crippen molar-refractivity contribution in [3.05, 3.63) is 53.7 Å². The van der Waals surface area contributed by atoms with E-state index in [0.29, 0.717) is 6.29 Å². The van der Waals surface area contributed by atoms with Gasteiger partial charge in [-0.15, -0.1) is 0 Å². The molecule has 0 radical (unpaired) electrons. The van der Waals surface area contributed by atoms with Gasteiger partial charge >= 0.3 is 6.18 Å². The van der Waals surface area contributed by atoms with E-state index in [-0.39, 0.29) is 17.1 Å². The van der Waals surface area contributed by atoms with Gasteiger partial charge in [0.25, 0.3) is 0 Å². The number of hydrogen-bond donors (Lipinski definition) is 1. The van der Waals surface area contributed by atoms with Crippen LogP contribution < -0.4 is 5.32 Å². The van der Waals surface area contributed by atoms with Crippen LogP contribution >= 0.6 is 0 Å². The van der Waals surface area contributed by atoms with Crippen molar-refractivity contribution in [3.63, 3.8) is 0 Å². The van der Waals surface area contributed by atoms with E-state index < -0.39 is 11.7 Å². The zero-order valence-corrected chi connectivity index (χ0v) is 9.61. The molecule has 0 spiro atoms. The van der Waals surface area contributed by atoms with Crippen LogP contribution in [0.4, 0.5) is 24.7 Å². The van der Waals surface area contributed by atoms with Gasteiger partial charge in [0.05, 0.1) is 16.8 Å². The van der Waals surface area contributed by atoms with Crippen LogP contribution in [0.5, 0.6) is 0 Å². The number of nitrogens with zero attached hydrogens (tertiary/aromatic N) is 1. The molecule has 0 unspecified atom stereocenters. The van der Waals surface area contributed by atoms with Gasteiger partial charge in [0.1, 0.15) is 5.82 Å². The maximum absolute atomic E-state index is 12.8. The summed E-state index contributed by atoms with van der Waals surface area (Å²) >= 11 is 0. The predicted molar refractivity (Wildman–Crippen MR) is 64.4 cm³/mol. The predicted octanol–water partition coefficient (Wildman–Crippen LogP) is 3.66. The molecule has 0 aliphatic carbocycles. The van der Waals surface area contributed by atoms with Crippen molar-refractivity contribution in [1.29, 1.82) is 0 Å². The third-order valence-corrected chi connectivity index (χ3v) is 2.45. The average Bonchev–Trinajstić information content (AvgIpc) is 2.39. The maximum Gasteiger partial charge on any atom is 0.418 e. The van der Waals surface area contributed by atoms with Gasteiger partial charge in [0, 0.05) is 6.20 Å². The Kier molecular flexibility index (Phi) is 3.50. The summed E-state index contributed by atoms with van der Waals surface area (Å²) in [4.78, 5) is 14.7. The largest absolute Gasteiger partial charge is 0.418 e. The van der Waals surface area contributed by atoms with Gasteiger partial charge in [-0.05, 0) is 24.3 Å². The zero-order chi connectivity index (χ0) is 13.9. The zero-order valence-electron chi connectivity index (χ0n) is 9.61. The molecule has 0 aliphatic rings. The first-order valence-corrected chi connectivity index (χ1v) is 5.36. The molecule has 2 rings (SSSR count). The summed E-state index contributed by atoms with van der Waals surface area (Å²) in [5, 5.41) is 2.54. The van der Waals surface area contributed by atoms with E-state index in [1.54, 1.807) is 0 Å². The maximum atomic E-state index is 12.8. The van der Waals surface area contributed by atoms with Crippen LogP contribution in [-0.2, 0) is 6.18 Å². The van der Waals surface area contributed by atoms with Gasteiger partial charge in [-0.25, -0.2) is 4.98 Å². The molecule has 0 aliphatic heterocycles. The van der Waals surface area contributed by atoms with E-state index in [2.05, 4.69) is 10.3 Å². The summed E-state index contributed by atoms with van der Waals surface area (Å²) in [6.45, 7) is 0. The number of para-hydroxylation sites is 1. The molecular formula is C13H9F3N2O. The molecule has 1 heterocycles. The van der Waals surface area contributed by atoms with Crippen molar-refractivity contribution in [2.45, 2.75) is 6.18 Å². The summed E-state index contributed by atoms with van der Waals surface area (Å²) in [6.07, 6.45) is -2.54. The van der Waals surface area contributed by atoms with Crippen LogP contribution in [0.15, 0.2) is 42.6 Å². The number of alkyl halides is 3. The molecule has 6 heteroatoms. The number of rotatable bonds is 3.